The second-order valence-electron chi connectivity index (χ2n) is 4.11. The Bertz CT molecular complexity index is 404. The Morgan fingerprint density at radius 3 is 2.69 bits per heavy atom. The van der Waals surface area contributed by atoms with Gasteiger partial charge in [0.2, 0.25) is 0 Å². The van der Waals surface area contributed by atoms with Crippen LogP contribution in [0.25, 0.3) is 0 Å². The van der Waals surface area contributed by atoms with Crippen LogP contribution in [0.4, 0.5) is 10.5 Å². The van der Waals surface area contributed by atoms with Crippen molar-refractivity contribution in [3.63, 3.8) is 0 Å². The maximum absolute atomic E-state index is 11.5. The first-order valence-electron chi connectivity index (χ1n) is 4.58. The second-order valence-corrected chi connectivity index (χ2v) is 5.34. The van der Waals surface area contributed by atoms with Crippen LogP contribution in [0.1, 0.15) is 20.8 Å². The fourth-order valence-electron chi connectivity index (χ4n) is 0.920. The molecule has 1 N–H and O–H groups in total. The van der Waals surface area contributed by atoms with E-state index in [-0.39, 0.29) is 0 Å². The minimum atomic E-state index is -0.561. The van der Waals surface area contributed by atoms with Crippen LogP contribution in [0.5, 0.6) is 0 Å². The fraction of sp³-hybridized carbons (Fsp3) is 0.400. The van der Waals surface area contributed by atoms with Crippen molar-refractivity contribution in [3.05, 3.63) is 21.9 Å². The molecule has 0 radical (unpaired) electrons. The molecule has 1 amide bonds. The molecule has 6 heteroatoms. The predicted molar refractivity (Wildman–Crippen MR) is 66.8 cm³/mol. The maximum atomic E-state index is 11.5. The third-order valence-electron chi connectivity index (χ3n) is 1.47. The Kier molecular flexibility index (Phi) is 4.15. The molecule has 0 saturated carbocycles. The molecular formula is C10H12BrClN2O2. The van der Waals surface area contributed by atoms with E-state index in [9.17, 15) is 4.79 Å². The predicted octanol–water partition coefficient (Wildman–Crippen LogP) is 3.84. The molecule has 0 aliphatic rings. The SMILES string of the molecule is CC(C)(C)OC(=O)Nc1cncc(Br)c1Cl. The van der Waals surface area contributed by atoms with Crippen LogP contribution >= 0.6 is 27.5 Å². The fourth-order valence-corrected chi connectivity index (χ4v) is 1.40. The van der Waals surface area contributed by atoms with Gasteiger partial charge >= 0.3 is 6.09 Å². The Morgan fingerprint density at radius 1 is 1.50 bits per heavy atom. The van der Waals surface area contributed by atoms with Crippen molar-refractivity contribution in [2.24, 2.45) is 0 Å². The van der Waals surface area contributed by atoms with Gasteiger partial charge in [-0.05, 0) is 36.7 Å². The van der Waals surface area contributed by atoms with Crippen LogP contribution < -0.4 is 5.32 Å². The summed E-state index contributed by atoms with van der Waals surface area (Å²) in [4.78, 5) is 15.3. The van der Waals surface area contributed by atoms with E-state index in [4.69, 9.17) is 16.3 Å². The number of ether oxygens (including phenoxy) is 1. The number of pyridine rings is 1. The highest BCUT2D eigenvalue weighted by Gasteiger charge is 2.17. The van der Waals surface area contributed by atoms with Gasteiger partial charge in [-0.15, -0.1) is 0 Å². The van der Waals surface area contributed by atoms with Gasteiger partial charge in [0.15, 0.2) is 0 Å². The summed E-state index contributed by atoms with van der Waals surface area (Å²) < 4.78 is 5.70. The van der Waals surface area contributed by atoms with Crippen molar-refractivity contribution in [1.82, 2.24) is 4.98 Å². The molecule has 1 aromatic rings. The minimum absolute atomic E-state index is 0.390. The van der Waals surface area contributed by atoms with Crippen LogP contribution in [0.15, 0.2) is 16.9 Å². The van der Waals surface area contributed by atoms with Crippen molar-refractivity contribution in [1.29, 1.82) is 0 Å². The van der Waals surface area contributed by atoms with Gasteiger partial charge in [-0.2, -0.15) is 0 Å². The molecule has 0 bridgehead atoms. The van der Waals surface area contributed by atoms with Crippen LogP contribution in [0, 0.1) is 0 Å². The monoisotopic (exact) mass is 306 g/mol. The van der Waals surface area contributed by atoms with Crippen molar-refractivity contribution in [2.45, 2.75) is 26.4 Å². The van der Waals surface area contributed by atoms with Crippen LogP contribution in [-0.2, 0) is 4.74 Å². The molecule has 88 valence electrons. The number of halogens is 2. The van der Waals surface area contributed by atoms with Crippen LogP contribution in [-0.4, -0.2) is 16.7 Å². The van der Waals surface area contributed by atoms with Gasteiger partial charge in [0.05, 0.1) is 21.4 Å². The second kappa shape index (κ2) is 5.01. The van der Waals surface area contributed by atoms with Gasteiger partial charge in [-0.25, -0.2) is 4.79 Å². The molecular weight excluding hydrogens is 295 g/mol. The molecule has 0 aromatic carbocycles. The minimum Gasteiger partial charge on any atom is -0.444 e. The number of anilines is 1. The third kappa shape index (κ3) is 3.98. The summed E-state index contributed by atoms with van der Waals surface area (Å²) in [6, 6.07) is 0. The summed E-state index contributed by atoms with van der Waals surface area (Å²) >= 11 is 9.16. The lowest BCUT2D eigenvalue weighted by molar-refractivity contribution is 0.0636. The highest BCUT2D eigenvalue weighted by atomic mass is 79.9. The Hall–Kier alpha value is -0.810. The normalized spacial score (nSPS) is 11.1. The number of carbonyl (C=O) groups is 1. The zero-order chi connectivity index (χ0) is 12.3. The van der Waals surface area contributed by atoms with E-state index in [2.05, 4.69) is 26.2 Å². The molecule has 0 spiro atoms. The summed E-state index contributed by atoms with van der Waals surface area (Å²) in [5.74, 6) is 0. The number of amides is 1. The first-order valence-corrected chi connectivity index (χ1v) is 5.76. The Morgan fingerprint density at radius 2 is 2.12 bits per heavy atom. The first-order chi connectivity index (χ1) is 7.29. The van der Waals surface area contributed by atoms with E-state index in [1.165, 1.54) is 6.20 Å². The van der Waals surface area contributed by atoms with E-state index < -0.39 is 11.7 Å². The van der Waals surface area contributed by atoms with Crippen LogP contribution in [0.2, 0.25) is 5.02 Å². The quantitative estimate of drug-likeness (QED) is 0.857. The van der Waals surface area contributed by atoms with Gasteiger partial charge < -0.3 is 4.74 Å². The summed E-state index contributed by atoms with van der Waals surface area (Å²) in [7, 11) is 0. The zero-order valence-corrected chi connectivity index (χ0v) is 11.5. The number of aromatic nitrogens is 1. The molecule has 0 aliphatic carbocycles. The molecule has 1 aromatic heterocycles. The van der Waals surface area contributed by atoms with E-state index in [0.29, 0.717) is 15.2 Å². The topological polar surface area (TPSA) is 51.2 Å². The number of rotatable bonds is 1. The van der Waals surface area contributed by atoms with Gasteiger partial charge in [0.1, 0.15) is 5.60 Å². The maximum Gasteiger partial charge on any atom is 0.412 e. The van der Waals surface area contributed by atoms with E-state index in [1.54, 1.807) is 27.0 Å². The van der Waals surface area contributed by atoms with E-state index >= 15 is 0 Å². The summed E-state index contributed by atoms with van der Waals surface area (Å²) in [5.41, 5.74) is -0.138. The molecule has 0 fully saturated rings. The lowest BCUT2D eigenvalue weighted by Gasteiger charge is -2.19. The lowest BCUT2D eigenvalue weighted by atomic mass is 10.2. The molecule has 1 heterocycles. The average molecular weight is 308 g/mol. The molecule has 4 nitrogen and oxygen atoms in total. The Labute approximate surface area is 107 Å². The van der Waals surface area contributed by atoms with E-state index in [1.807, 2.05) is 0 Å². The standard InChI is InChI=1S/C10H12BrClN2O2/c1-10(2,3)16-9(15)14-7-5-13-4-6(11)8(7)12/h4-5H,1-3H3,(H,14,15). The van der Waals surface area contributed by atoms with Gasteiger partial charge in [0, 0.05) is 6.20 Å². The number of hydrogen-bond acceptors (Lipinski definition) is 3. The molecule has 0 aliphatic heterocycles. The molecule has 0 saturated heterocycles. The smallest absolute Gasteiger partial charge is 0.412 e. The van der Waals surface area contributed by atoms with Crippen molar-refractivity contribution in [3.8, 4) is 0 Å². The summed E-state index contributed by atoms with van der Waals surface area (Å²) in [6.07, 6.45) is 2.44. The van der Waals surface area contributed by atoms with Crippen molar-refractivity contribution in [2.75, 3.05) is 5.32 Å². The number of hydrogen-bond donors (Lipinski definition) is 1. The molecule has 16 heavy (non-hydrogen) atoms. The number of nitrogens with zero attached hydrogens (tertiary/aromatic N) is 1. The first kappa shape index (κ1) is 13.3. The van der Waals surface area contributed by atoms with Gasteiger partial charge in [-0.3, -0.25) is 10.3 Å². The van der Waals surface area contributed by atoms with E-state index in [0.717, 1.165) is 0 Å². The van der Waals surface area contributed by atoms with Crippen molar-refractivity contribution >= 4 is 39.3 Å². The third-order valence-corrected chi connectivity index (χ3v) is 2.71. The molecule has 1 rings (SSSR count). The summed E-state index contributed by atoms with van der Waals surface area (Å²) in [5, 5.41) is 2.91. The zero-order valence-electron chi connectivity index (χ0n) is 9.17. The van der Waals surface area contributed by atoms with Crippen LogP contribution in [0.3, 0.4) is 0 Å². The molecule has 0 atom stereocenters. The highest BCUT2D eigenvalue weighted by molar-refractivity contribution is 9.10. The number of nitrogens with one attached hydrogen (secondary N) is 1. The van der Waals surface area contributed by atoms with Crippen molar-refractivity contribution < 1.29 is 9.53 Å². The van der Waals surface area contributed by atoms with Gasteiger partial charge in [-0.1, -0.05) is 11.6 Å². The molecule has 0 unspecified atom stereocenters. The van der Waals surface area contributed by atoms with Gasteiger partial charge in [0.25, 0.3) is 0 Å². The average Bonchev–Trinajstić information content (AvgIpc) is 2.09. The highest BCUT2D eigenvalue weighted by Crippen LogP contribution is 2.28. The summed E-state index contributed by atoms with van der Waals surface area (Å²) in [6.45, 7) is 5.36. The largest absolute Gasteiger partial charge is 0.444 e. The number of carbonyl (C=O) groups excluding carboxylic acids is 1. The lowest BCUT2D eigenvalue weighted by Crippen LogP contribution is -2.27. The Balaban J connectivity index is 2.74.